The Labute approximate surface area is 123 Å². The van der Waals surface area contributed by atoms with Gasteiger partial charge in [0.05, 0.1) is 19.6 Å². The molecule has 20 heavy (non-hydrogen) atoms. The van der Waals surface area contributed by atoms with Crippen LogP contribution in [-0.2, 0) is 19.7 Å². The van der Waals surface area contributed by atoms with E-state index in [-0.39, 0.29) is 19.6 Å². The molecule has 0 aromatic carbocycles. The van der Waals surface area contributed by atoms with Crippen molar-refractivity contribution in [3.63, 3.8) is 0 Å². The van der Waals surface area contributed by atoms with E-state index in [2.05, 4.69) is 0 Å². The molecule has 2 aliphatic rings. The lowest BCUT2D eigenvalue weighted by Crippen LogP contribution is -2.08. The third-order valence-electron chi connectivity index (χ3n) is 3.24. The Balaban J connectivity index is 1.99. The quantitative estimate of drug-likeness (QED) is 0.799. The molecule has 0 radical (unpaired) electrons. The first-order valence-corrected chi connectivity index (χ1v) is 10.2. The lowest BCUT2D eigenvalue weighted by Gasteiger charge is -2.04. The van der Waals surface area contributed by atoms with Crippen molar-refractivity contribution in [2.45, 2.75) is 9.79 Å². The molecule has 4 rings (SSSR count). The van der Waals surface area contributed by atoms with E-state index in [1.54, 1.807) is 10.8 Å². The molecular formula is C12H6O4S4. The highest BCUT2D eigenvalue weighted by Gasteiger charge is 2.41. The Morgan fingerprint density at radius 3 is 1.45 bits per heavy atom. The van der Waals surface area contributed by atoms with Crippen molar-refractivity contribution in [2.75, 3.05) is 0 Å². The molecule has 0 atom stereocenters. The third kappa shape index (κ3) is 1.39. The van der Waals surface area contributed by atoms with Crippen molar-refractivity contribution >= 4 is 54.5 Å². The Kier molecular flexibility index (Phi) is 2.32. The molecule has 0 saturated carbocycles. The molecule has 2 aliphatic heterocycles. The van der Waals surface area contributed by atoms with Crippen LogP contribution in [0.5, 0.6) is 0 Å². The van der Waals surface area contributed by atoms with Crippen molar-refractivity contribution in [3.8, 4) is 0 Å². The molecular weight excluding hydrogens is 336 g/mol. The molecule has 0 unspecified atom stereocenters. The zero-order valence-electron chi connectivity index (χ0n) is 9.73. The smallest absolute Gasteiger partial charge is 0.209 e. The van der Waals surface area contributed by atoms with E-state index in [0.29, 0.717) is 9.75 Å². The van der Waals surface area contributed by atoms with Crippen molar-refractivity contribution in [3.05, 3.63) is 42.5 Å². The van der Waals surface area contributed by atoms with Gasteiger partial charge >= 0.3 is 0 Å². The van der Waals surface area contributed by atoms with Gasteiger partial charge in [-0.25, -0.2) is 16.8 Å². The first-order chi connectivity index (χ1) is 9.42. The highest BCUT2D eigenvalue weighted by molar-refractivity contribution is 8.01. The Bertz CT molecular complexity index is 929. The Morgan fingerprint density at radius 1 is 0.700 bits per heavy atom. The van der Waals surface area contributed by atoms with Gasteiger partial charge in [0.1, 0.15) is 0 Å². The number of hydrogen-bond donors (Lipinski definition) is 0. The second-order valence-electron chi connectivity index (χ2n) is 4.32. The zero-order valence-corrected chi connectivity index (χ0v) is 13.0. The van der Waals surface area contributed by atoms with E-state index in [1.165, 1.54) is 47.0 Å². The number of hydrogen-bond acceptors (Lipinski definition) is 6. The summed E-state index contributed by atoms with van der Waals surface area (Å²) in [5.74, 6) is 0. The van der Waals surface area contributed by atoms with Crippen LogP contribution in [0.1, 0.15) is 9.75 Å². The molecule has 0 saturated heterocycles. The standard InChI is InChI=1S/C12H6O4S4/c13-19(14)9-1-3-17-7(9)5-11(19)12-6-8-10(2-4-18-8)20(12,15)16/h1-6H. The molecule has 0 N–H and O–H groups in total. The maximum atomic E-state index is 12.4. The van der Waals surface area contributed by atoms with Crippen LogP contribution >= 0.6 is 22.7 Å². The fourth-order valence-corrected chi connectivity index (χ4v) is 8.49. The van der Waals surface area contributed by atoms with Gasteiger partial charge in [0.2, 0.25) is 19.7 Å². The van der Waals surface area contributed by atoms with Gasteiger partial charge < -0.3 is 0 Å². The Morgan fingerprint density at radius 2 is 1.10 bits per heavy atom. The van der Waals surface area contributed by atoms with Crippen molar-refractivity contribution in [2.24, 2.45) is 0 Å². The van der Waals surface area contributed by atoms with Crippen LogP contribution in [0, 0.1) is 0 Å². The fourth-order valence-electron chi connectivity index (χ4n) is 2.31. The van der Waals surface area contributed by atoms with Gasteiger partial charge in [0.25, 0.3) is 0 Å². The topological polar surface area (TPSA) is 68.3 Å². The van der Waals surface area contributed by atoms with Crippen LogP contribution in [-0.4, -0.2) is 16.8 Å². The molecule has 2 aromatic heterocycles. The maximum absolute atomic E-state index is 12.4. The van der Waals surface area contributed by atoms with Gasteiger partial charge in [0.15, 0.2) is 0 Å². The molecule has 0 amide bonds. The molecule has 0 bridgehead atoms. The first-order valence-electron chi connectivity index (χ1n) is 5.51. The van der Waals surface area contributed by atoms with E-state index in [4.69, 9.17) is 0 Å². The van der Waals surface area contributed by atoms with E-state index >= 15 is 0 Å². The largest absolute Gasteiger partial charge is 0.218 e. The zero-order chi connectivity index (χ0) is 14.1. The summed E-state index contributed by atoms with van der Waals surface area (Å²) in [5, 5.41) is 3.37. The molecule has 0 spiro atoms. The molecule has 2 aromatic rings. The number of fused-ring (bicyclic) bond motifs is 2. The van der Waals surface area contributed by atoms with E-state index in [0.717, 1.165) is 0 Å². The predicted octanol–water partition coefficient (Wildman–Crippen LogP) is 2.77. The summed E-state index contributed by atoms with van der Waals surface area (Å²) in [4.78, 5) is 1.36. The first kappa shape index (κ1) is 12.5. The lowest BCUT2D eigenvalue weighted by atomic mass is 10.3. The summed E-state index contributed by atoms with van der Waals surface area (Å²) in [7, 11) is -7.45. The molecule has 4 heterocycles. The maximum Gasteiger partial charge on any atom is 0.209 e. The minimum absolute atomic E-state index is 0.109. The third-order valence-corrected chi connectivity index (χ3v) is 9.06. The highest BCUT2D eigenvalue weighted by Crippen LogP contribution is 2.46. The Hall–Kier alpha value is -1.22. The molecule has 0 aliphatic carbocycles. The summed E-state index contributed by atoms with van der Waals surface area (Å²) in [5.41, 5.74) is 0. The second kappa shape index (κ2) is 3.70. The minimum Gasteiger partial charge on any atom is -0.218 e. The summed E-state index contributed by atoms with van der Waals surface area (Å²) in [6, 6.07) is 3.02. The van der Waals surface area contributed by atoms with Gasteiger partial charge in [-0.05, 0) is 35.0 Å². The summed E-state index contributed by atoms with van der Waals surface area (Å²) in [6.45, 7) is 0. The van der Waals surface area contributed by atoms with Crippen molar-refractivity contribution in [1.82, 2.24) is 0 Å². The molecule has 4 nitrogen and oxygen atoms in total. The SMILES string of the molecule is O=S1(=O)C(C2=Cc3sccc3S2(=O)=O)=Cc2sccc21. The van der Waals surface area contributed by atoms with Crippen LogP contribution in [0.4, 0.5) is 0 Å². The molecule has 8 heteroatoms. The van der Waals surface area contributed by atoms with Gasteiger partial charge in [-0.1, -0.05) is 0 Å². The van der Waals surface area contributed by atoms with Crippen molar-refractivity contribution in [1.29, 1.82) is 0 Å². The number of thiophene rings is 2. The summed E-state index contributed by atoms with van der Waals surface area (Å²) in [6.07, 6.45) is 2.91. The van der Waals surface area contributed by atoms with Crippen LogP contribution in [0.15, 0.2) is 42.5 Å². The van der Waals surface area contributed by atoms with Crippen LogP contribution in [0.2, 0.25) is 0 Å². The van der Waals surface area contributed by atoms with Gasteiger partial charge in [-0.3, -0.25) is 0 Å². The summed E-state index contributed by atoms with van der Waals surface area (Å²) < 4.78 is 49.7. The number of rotatable bonds is 1. The average molecular weight is 342 g/mol. The fraction of sp³-hybridized carbons (Fsp3) is 0. The van der Waals surface area contributed by atoms with E-state index in [1.807, 2.05) is 0 Å². The monoisotopic (exact) mass is 342 g/mol. The summed E-state index contributed by atoms with van der Waals surface area (Å²) >= 11 is 2.58. The van der Waals surface area contributed by atoms with E-state index < -0.39 is 19.7 Å². The van der Waals surface area contributed by atoms with Crippen LogP contribution < -0.4 is 0 Å². The second-order valence-corrected chi connectivity index (χ2v) is 9.99. The van der Waals surface area contributed by atoms with Crippen LogP contribution in [0.25, 0.3) is 12.2 Å². The van der Waals surface area contributed by atoms with Crippen LogP contribution in [0.3, 0.4) is 0 Å². The molecule has 102 valence electrons. The predicted molar refractivity (Wildman–Crippen MR) is 79.0 cm³/mol. The van der Waals surface area contributed by atoms with E-state index in [9.17, 15) is 16.8 Å². The normalized spacial score (nSPS) is 21.2. The molecule has 0 fully saturated rings. The van der Waals surface area contributed by atoms with Gasteiger partial charge in [0, 0.05) is 9.75 Å². The minimum atomic E-state index is -3.72. The van der Waals surface area contributed by atoms with Crippen molar-refractivity contribution < 1.29 is 16.8 Å². The van der Waals surface area contributed by atoms with Gasteiger partial charge in [-0.2, -0.15) is 0 Å². The van der Waals surface area contributed by atoms with Gasteiger partial charge in [-0.15, -0.1) is 22.7 Å². The lowest BCUT2D eigenvalue weighted by molar-refractivity contribution is 0.598. The average Bonchev–Trinajstić information content (AvgIpc) is 3.06. The highest BCUT2D eigenvalue weighted by atomic mass is 32.2. The number of sulfone groups is 2.